The largest absolute Gasteiger partial charge is 0.467 e. The zero-order chi connectivity index (χ0) is 73.5. The molecule has 32 heteroatoms. The zero-order valence-electron chi connectivity index (χ0n) is 56.7. The number of carbonyl (C=O) groups excluding carboxylic acids is 10. The Bertz CT molecular complexity index is 3290. The molecule has 550 valence electrons. The van der Waals surface area contributed by atoms with Crippen LogP contribution in [0.25, 0.3) is 0 Å². The summed E-state index contributed by atoms with van der Waals surface area (Å²) in [6.07, 6.45) is -12.3. The summed E-state index contributed by atoms with van der Waals surface area (Å²) in [6, 6.07) is 33.5. The fraction of sp³-hybridized carbons (Fsp3) is 0.478. The van der Waals surface area contributed by atoms with Gasteiger partial charge in [0.15, 0.2) is 60.3 Å². The lowest BCUT2D eigenvalue weighted by atomic mass is 10.0. The van der Waals surface area contributed by atoms with Crippen LogP contribution in [0.2, 0.25) is 0 Å². The molecule has 0 saturated carbocycles. The third-order valence-corrected chi connectivity index (χ3v) is 14.0. The molecule has 4 aromatic carbocycles. The molecule has 2 N–H and O–H groups in total. The number of hydrogen-bond acceptors (Lipinski definition) is 32. The molecular weight excluding hydrogens is 1340 g/mol. The maximum absolute atomic E-state index is 13.3. The van der Waals surface area contributed by atoms with E-state index in [1.54, 1.807) is 135 Å². The van der Waals surface area contributed by atoms with Crippen molar-refractivity contribution in [2.75, 3.05) is 114 Å². The number of epoxide rings is 2. The molecular formula is C69H84N2O30. The van der Waals surface area contributed by atoms with Gasteiger partial charge in [0, 0.05) is 36.5 Å². The van der Waals surface area contributed by atoms with Gasteiger partial charge in [-0.3, -0.25) is 9.59 Å². The molecule has 0 bridgehead atoms. The van der Waals surface area contributed by atoms with Crippen molar-refractivity contribution in [1.82, 2.24) is 0 Å². The van der Waals surface area contributed by atoms with Gasteiger partial charge in [0.25, 0.3) is 0 Å². The van der Waals surface area contributed by atoms with Gasteiger partial charge in [0.05, 0.1) is 79.8 Å². The van der Waals surface area contributed by atoms with E-state index in [9.17, 15) is 53.1 Å². The highest BCUT2D eigenvalue weighted by molar-refractivity contribution is 6.52. The highest BCUT2D eigenvalue weighted by Crippen LogP contribution is 2.18. The van der Waals surface area contributed by atoms with E-state index in [-0.39, 0.29) is 62.9 Å². The van der Waals surface area contributed by atoms with Gasteiger partial charge in [0.2, 0.25) is 11.6 Å². The number of aliphatic hydroxyl groups excluding tert-OH is 2. The Morgan fingerprint density at radius 1 is 0.406 bits per heavy atom. The van der Waals surface area contributed by atoms with E-state index in [0.717, 1.165) is 14.2 Å². The molecule has 11 unspecified atom stereocenters. The van der Waals surface area contributed by atoms with Crippen molar-refractivity contribution in [3.8, 4) is 0 Å². The standard InChI is InChI=1S/C35H43NO15.C34H41NO15/c1-5-26(35(42)51-36-30(23-12-8-6-9-13-23)31(38)24-14-10-7-11-15-24)46-20-28(33(40)49-16-22(2)37)48-21-29(34(41)50-18-25-17-45-25)47-19-27(43-3)32(39)44-4;1-4-25(34(41)50-35-29(22-11-7-5-8-12-22)30(37)23-13-9-6-10-14-23)46-20-27(32(39)44-16-15-36)48-21-28(33(40)49-18-24-17-45-24)47-19-26(42-2)31(38)43-3/h6-15,22,25-29,37H,5,16-21H2,1-4H3;5-14,24-28,36H,4,15-21H2,1-3H3. The summed E-state index contributed by atoms with van der Waals surface area (Å²) in [6.45, 7) is 0.916. The van der Waals surface area contributed by atoms with E-state index in [2.05, 4.69) is 19.8 Å². The highest BCUT2D eigenvalue weighted by Gasteiger charge is 2.36. The number of aliphatic hydroxyl groups is 2. The monoisotopic (exact) mass is 1420 g/mol. The van der Waals surface area contributed by atoms with E-state index in [4.69, 9.17) is 81.1 Å². The number of esters is 6. The number of ketones is 2. The first-order valence-electron chi connectivity index (χ1n) is 31.8. The Labute approximate surface area is 581 Å². The number of Topliss-reactive ketones (excluding diaryl/α,β-unsaturated/α-hetero) is 2. The normalized spacial score (nSPS) is 16.6. The Balaban J connectivity index is 0.000000364. The molecule has 0 amide bonds. The number of methoxy groups -OCH3 is 4. The van der Waals surface area contributed by atoms with Gasteiger partial charge in [0.1, 0.15) is 38.6 Å². The SMILES string of the molecule is CCC(OCC(OCC(OCC(OC)C(=O)OC)C(=O)OCC1CO1)C(=O)OCC(C)O)C(=O)ON=C(C(=O)c1ccccc1)c1ccccc1.CCC(OCC(OCC(OCC(OC)C(=O)OC)C(=O)OCC1CO1)C(=O)OCCO)C(=O)ON=C(C(=O)c1ccccc1)c1ccccc1. The van der Waals surface area contributed by atoms with Crippen molar-refractivity contribution in [2.24, 2.45) is 10.3 Å². The summed E-state index contributed by atoms with van der Waals surface area (Å²) in [5.41, 5.74) is 1.22. The minimum atomic E-state index is -1.54. The summed E-state index contributed by atoms with van der Waals surface area (Å²) >= 11 is 0. The molecule has 0 aliphatic carbocycles. The van der Waals surface area contributed by atoms with Crippen LogP contribution in [0.4, 0.5) is 0 Å². The van der Waals surface area contributed by atoms with E-state index in [1.165, 1.54) is 21.1 Å². The molecule has 2 aliphatic rings. The van der Waals surface area contributed by atoms with Gasteiger partial charge in [-0.1, -0.05) is 145 Å². The number of ether oxygens (including phenoxy) is 16. The summed E-state index contributed by atoms with van der Waals surface area (Å²) in [4.78, 5) is 138. The molecule has 32 nitrogen and oxygen atoms in total. The van der Waals surface area contributed by atoms with Crippen molar-refractivity contribution >= 4 is 70.7 Å². The third-order valence-electron chi connectivity index (χ3n) is 14.0. The van der Waals surface area contributed by atoms with Gasteiger partial charge in [-0.05, 0) is 19.8 Å². The number of nitrogens with zero attached hydrogens (tertiary/aromatic N) is 2. The lowest BCUT2D eigenvalue weighted by molar-refractivity contribution is -0.183. The Morgan fingerprint density at radius 3 is 0.990 bits per heavy atom. The van der Waals surface area contributed by atoms with E-state index < -0.39 is 161 Å². The van der Waals surface area contributed by atoms with Gasteiger partial charge >= 0.3 is 47.8 Å². The first-order valence-corrected chi connectivity index (χ1v) is 31.8. The molecule has 0 aromatic heterocycles. The molecule has 2 heterocycles. The second-order valence-corrected chi connectivity index (χ2v) is 21.6. The van der Waals surface area contributed by atoms with Crippen LogP contribution >= 0.6 is 0 Å². The van der Waals surface area contributed by atoms with Crippen LogP contribution in [-0.2, 0) is 124 Å². The topological polar surface area (TPSA) is 409 Å². The third kappa shape index (κ3) is 29.5. The molecule has 101 heavy (non-hydrogen) atoms. The van der Waals surface area contributed by atoms with Crippen LogP contribution in [0.1, 0.15) is 65.5 Å². The first-order chi connectivity index (χ1) is 48.8. The maximum atomic E-state index is 13.3. The van der Waals surface area contributed by atoms with Crippen molar-refractivity contribution in [3.63, 3.8) is 0 Å². The first kappa shape index (κ1) is 82.5. The Kier molecular flexibility index (Phi) is 37.2. The molecule has 4 aromatic rings. The van der Waals surface area contributed by atoms with E-state index >= 15 is 0 Å². The fourth-order valence-corrected chi connectivity index (χ4v) is 8.18. The van der Waals surface area contributed by atoms with Crippen LogP contribution < -0.4 is 0 Å². The molecule has 0 radical (unpaired) electrons. The molecule has 11 atom stereocenters. The smallest absolute Gasteiger partial charge is 0.363 e. The van der Waals surface area contributed by atoms with Crippen LogP contribution in [0.15, 0.2) is 132 Å². The summed E-state index contributed by atoms with van der Waals surface area (Å²) in [7, 11) is 4.79. The summed E-state index contributed by atoms with van der Waals surface area (Å²) < 4.78 is 83.9. The average Bonchev–Trinajstić information content (AvgIpc) is 0.903. The number of hydrogen-bond donors (Lipinski definition) is 2. The quantitative estimate of drug-likeness (QED) is 0.0122. The number of oxime groups is 2. The number of carbonyl (C=O) groups is 10. The van der Waals surface area contributed by atoms with Crippen LogP contribution in [0, 0.1) is 0 Å². The minimum Gasteiger partial charge on any atom is -0.467 e. The average molecular weight is 1420 g/mol. The van der Waals surface area contributed by atoms with Crippen molar-refractivity contribution in [2.45, 2.75) is 101 Å². The minimum absolute atomic E-state index is 0.0554. The summed E-state index contributed by atoms with van der Waals surface area (Å²) in [5.74, 6) is -8.15. The molecule has 2 fully saturated rings. The molecule has 0 spiro atoms. The van der Waals surface area contributed by atoms with Gasteiger partial charge in [-0.2, -0.15) is 0 Å². The van der Waals surface area contributed by atoms with E-state index in [0.29, 0.717) is 35.5 Å². The lowest BCUT2D eigenvalue weighted by Gasteiger charge is -2.23. The van der Waals surface area contributed by atoms with Crippen molar-refractivity contribution in [3.05, 3.63) is 144 Å². The van der Waals surface area contributed by atoms with Crippen LogP contribution in [0.3, 0.4) is 0 Å². The molecule has 2 saturated heterocycles. The van der Waals surface area contributed by atoms with Crippen LogP contribution in [0.5, 0.6) is 0 Å². The van der Waals surface area contributed by atoms with Crippen molar-refractivity contribution < 1.29 is 144 Å². The second-order valence-electron chi connectivity index (χ2n) is 21.6. The zero-order valence-corrected chi connectivity index (χ0v) is 56.7. The Morgan fingerprint density at radius 2 is 0.703 bits per heavy atom. The Hall–Kier alpha value is -9.16. The predicted molar refractivity (Wildman–Crippen MR) is 346 cm³/mol. The fourth-order valence-electron chi connectivity index (χ4n) is 8.18. The summed E-state index contributed by atoms with van der Waals surface area (Å²) in [5, 5.41) is 26.6. The van der Waals surface area contributed by atoms with Gasteiger partial charge in [-0.25, -0.2) is 38.4 Å². The maximum Gasteiger partial charge on any atom is 0.363 e. The van der Waals surface area contributed by atoms with Gasteiger partial charge < -0.3 is 95.7 Å². The number of rotatable bonds is 46. The predicted octanol–water partition coefficient (Wildman–Crippen LogP) is 2.48. The lowest BCUT2D eigenvalue weighted by Crippen LogP contribution is -2.41. The van der Waals surface area contributed by atoms with E-state index in [1.807, 2.05) is 0 Å². The van der Waals surface area contributed by atoms with Gasteiger partial charge in [-0.15, -0.1) is 0 Å². The number of benzene rings is 4. The second kappa shape index (κ2) is 45.6. The van der Waals surface area contributed by atoms with Crippen LogP contribution in [-0.4, -0.2) is 262 Å². The van der Waals surface area contributed by atoms with Crippen molar-refractivity contribution in [1.29, 1.82) is 0 Å². The molecule has 2 aliphatic heterocycles. The highest BCUT2D eigenvalue weighted by atomic mass is 16.7. The molecule has 6 rings (SSSR count).